The smallest absolute Gasteiger partial charge is 0.0439 e. The van der Waals surface area contributed by atoms with Gasteiger partial charge in [-0.1, -0.05) is 36.5 Å². The predicted molar refractivity (Wildman–Crippen MR) is 72.5 cm³/mol. The maximum Gasteiger partial charge on any atom is 0.0439 e. The number of rotatable bonds is 6. The molecule has 1 unspecified atom stereocenters. The Morgan fingerprint density at radius 2 is 2.06 bits per heavy atom. The number of hydrogen-bond donors (Lipinski definition) is 1. The monoisotopic (exact) mass is 259 g/mol. The van der Waals surface area contributed by atoms with Crippen molar-refractivity contribution >= 4 is 23.2 Å². The van der Waals surface area contributed by atoms with E-state index in [9.17, 15) is 0 Å². The van der Waals surface area contributed by atoms with Gasteiger partial charge in [0.25, 0.3) is 0 Å². The van der Waals surface area contributed by atoms with Gasteiger partial charge in [-0.2, -0.15) is 0 Å². The van der Waals surface area contributed by atoms with Crippen LogP contribution in [0.1, 0.15) is 25.3 Å². The SMILES string of the molecule is CCC(CCNC)Cc1cc(Cl)ccc1Cl. The molecule has 0 bridgehead atoms. The molecule has 0 aromatic heterocycles. The highest BCUT2D eigenvalue weighted by Crippen LogP contribution is 2.25. The van der Waals surface area contributed by atoms with E-state index < -0.39 is 0 Å². The number of halogens is 2. The summed E-state index contributed by atoms with van der Waals surface area (Å²) in [4.78, 5) is 0. The molecule has 0 spiro atoms. The van der Waals surface area contributed by atoms with E-state index >= 15 is 0 Å². The van der Waals surface area contributed by atoms with Gasteiger partial charge in [-0.3, -0.25) is 0 Å². The summed E-state index contributed by atoms with van der Waals surface area (Å²) in [5.74, 6) is 0.670. The molecule has 0 amide bonds. The van der Waals surface area contributed by atoms with Gasteiger partial charge in [0.2, 0.25) is 0 Å². The summed E-state index contributed by atoms with van der Waals surface area (Å²) >= 11 is 12.1. The zero-order chi connectivity index (χ0) is 12.0. The lowest BCUT2D eigenvalue weighted by molar-refractivity contribution is 0.459. The molecule has 3 heteroatoms. The van der Waals surface area contributed by atoms with Crippen molar-refractivity contribution in [1.82, 2.24) is 5.32 Å². The molecular formula is C13H19Cl2N. The minimum absolute atomic E-state index is 0.670. The zero-order valence-corrected chi connectivity index (χ0v) is 11.4. The first kappa shape index (κ1) is 13.8. The maximum atomic E-state index is 6.16. The molecule has 0 saturated carbocycles. The summed E-state index contributed by atoms with van der Waals surface area (Å²) in [5, 5.41) is 4.78. The van der Waals surface area contributed by atoms with E-state index in [1.54, 1.807) is 0 Å². The topological polar surface area (TPSA) is 12.0 Å². The van der Waals surface area contributed by atoms with Crippen LogP contribution < -0.4 is 5.32 Å². The Hall–Kier alpha value is -0.240. The number of hydrogen-bond acceptors (Lipinski definition) is 1. The van der Waals surface area contributed by atoms with E-state index in [0.29, 0.717) is 5.92 Å². The molecule has 0 heterocycles. The van der Waals surface area contributed by atoms with Gasteiger partial charge in [-0.15, -0.1) is 0 Å². The molecule has 0 aliphatic carbocycles. The van der Waals surface area contributed by atoms with Crippen molar-refractivity contribution in [3.63, 3.8) is 0 Å². The summed E-state index contributed by atoms with van der Waals surface area (Å²) in [6.07, 6.45) is 3.36. The zero-order valence-electron chi connectivity index (χ0n) is 9.89. The molecule has 0 radical (unpaired) electrons. The van der Waals surface area contributed by atoms with Crippen LogP contribution in [0, 0.1) is 5.92 Å². The first-order chi connectivity index (χ1) is 7.67. The number of benzene rings is 1. The molecule has 1 atom stereocenters. The lowest BCUT2D eigenvalue weighted by Crippen LogP contribution is -2.14. The Morgan fingerprint density at radius 3 is 2.69 bits per heavy atom. The normalized spacial score (nSPS) is 12.8. The van der Waals surface area contributed by atoms with Crippen molar-refractivity contribution in [2.24, 2.45) is 5.92 Å². The van der Waals surface area contributed by atoms with E-state index in [-0.39, 0.29) is 0 Å². The van der Waals surface area contributed by atoms with Crippen molar-refractivity contribution in [1.29, 1.82) is 0 Å². The average molecular weight is 260 g/mol. The first-order valence-corrected chi connectivity index (χ1v) is 6.51. The molecule has 0 saturated heterocycles. The van der Waals surface area contributed by atoms with E-state index in [1.165, 1.54) is 12.8 Å². The second-order valence-electron chi connectivity index (χ2n) is 4.11. The maximum absolute atomic E-state index is 6.16. The number of nitrogens with one attached hydrogen (secondary N) is 1. The fraction of sp³-hybridized carbons (Fsp3) is 0.538. The van der Waals surface area contributed by atoms with Crippen LogP contribution in [-0.2, 0) is 6.42 Å². The van der Waals surface area contributed by atoms with Crippen molar-refractivity contribution < 1.29 is 0 Å². The van der Waals surface area contributed by atoms with E-state index in [4.69, 9.17) is 23.2 Å². The van der Waals surface area contributed by atoms with Gasteiger partial charge in [0.1, 0.15) is 0 Å². The van der Waals surface area contributed by atoms with Crippen LogP contribution in [0.2, 0.25) is 10.0 Å². The Labute approximate surface area is 108 Å². The molecule has 1 aromatic carbocycles. The van der Waals surface area contributed by atoms with Crippen LogP contribution in [-0.4, -0.2) is 13.6 Å². The molecule has 1 nitrogen and oxygen atoms in total. The van der Waals surface area contributed by atoms with Crippen LogP contribution in [0.5, 0.6) is 0 Å². The van der Waals surface area contributed by atoms with Crippen LogP contribution in [0.15, 0.2) is 18.2 Å². The second kappa shape index (κ2) is 7.16. The molecule has 0 aliphatic heterocycles. The Kier molecular flexibility index (Phi) is 6.18. The van der Waals surface area contributed by atoms with Crippen LogP contribution in [0.25, 0.3) is 0 Å². The molecule has 1 aromatic rings. The van der Waals surface area contributed by atoms with E-state index in [1.807, 2.05) is 25.2 Å². The third kappa shape index (κ3) is 4.32. The van der Waals surface area contributed by atoms with E-state index in [2.05, 4.69) is 12.2 Å². The van der Waals surface area contributed by atoms with Gasteiger partial charge in [0, 0.05) is 10.0 Å². The molecule has 0 aliphatic rings. The molecule has 1 N–H and O–H groups in total. The predicted octanol–water partition coefficient (Wildman–Crippen LogP) is 4.17. The van der Waals surface area contributed by atoms with Crippen molar-refractivity contribution in [3.8, 4) is 0 Å². The first-order valence-electron chi connectivity index (χ1n) is 5.75. The van der Waals surface area contributed by atoms with Gasteiger partial charge in [0.15, 0.2) is 0 Å². The van der Waals surface area contributed by atoms with Gasteiger partial charge < -0.3 is 5.32 Å². The Bertz CT molecular complexity index is 326. The van der Waals surface area contributed by atoms with Crippen molar-refractivity contribution in [2.45, 2.75) is 26.2 Å². The highest BCUT2D eigenvalue weighted by atomic mass is 35.5. The third-order valence-electron chi connectivity index (χ3n) is 2.90. The molecule has 90 valence electrons. The second-order valence-corrected chi connectivity index (χ2v) is 4.95. The Balaban J connectivity index is 2.65. The fourth-order valence-electron chi connectivity index (χ4n) is 1.81. The Morgan fingerprint density at radius 1 is 1.31 bits per heavy atom. The van der Waals surface area contributed by atoms with Crippen molar-refractivity contribution in [2.75, 3.05) is 13.6 Å². The summed E-state index contributed by atoms with van der Waals surface area (Å²) in [6.45, 7) is 3.27. The quantitative estimate of drug-likeness (QED) is 0.809. The fourth-order valence-corrected chi connectivity index (χ4v) is 2.20. The van der Waals surface area contributed by atoms with Gasteiger partial charge >= 0.3 is 0 Å². The van der Waals surface area contributed by atoms with Gasteiger partial charge in [-0.25, -0.2) is 0 Å². The summed E-state index contributed by atoms with van der Waals surface area (Å²) < 4.78 is 0. The lowest BCUT2D eigenvalue weighted by atomic mass is 9.94. The highest BCUT2D eigenvalue weighted by Gasteiger charge is 2.10. The standard InChI is InChI=1S/C13H19Cl2N/c1-3-10(6-7-16-2)8-11-9-12(14)4-5-13(11)15/h4-5,9-10,16H,3,6-8H2,1-2H3. The van der Waals surface area contributed by atoms with Crippen LogP contribution in [0.3, 0.4) is 0 Å². The molecule has 0 fully saturated rings. The summed E-state index contributed by atoms with van der Waals surface area (Å²) in [6, 6.07) is 5.69. The van der Waals surface area contributed by atoms with Crippen molar-refractivity contribution in [3.05, 3.63) is 33.8 Å². The van der Waals surface area contributed by atoms with Crippen LogP contribution in [0.4, 0.5) is 0 Å². The molecule has 1 rings (SSSR count). The largest absolute Gasteiger partial charge is 0.320 e. The average Bonchev–Trinajstić information content (AvgIpc) is 2.28. The van der Waals surface area contributed by atoms with Crippen LogP contribution >= 0.6 is 23.2 Å². The summed E-state index contributed by atoms with van der Waals surface area (Å²) in [5.41, 5.74) is 1.16. The lowest BCUT2D eigenvalue weighted by Gasteiger charge is -2.15. The summed E-state index contributed by atoms with van der Waals surface area (Å²) in [7, 11) is 1.99. The van der Waals surface area contributed by atoms with E-state index in [0.717, 1.165) is 28.6 Å². The molecular weight excluding hydrogens is 241 g/mol. The highest BCUT2D eigenvalue weighted by molar-refractivity contribution is 6.33. The minimum atomic E-state index is 0.670. The molecule has 16 heavy (non-hydrogen) atoms. The van der Waals surface area contributed by atoms with Gasteiger partial charge in [0.05, 0.1) is 0 Å². The minimum Gasteiger partial charge on any atom is -0.320 e. The van der Waals surface area contributed by atoms with Gasteiger partial charge in [-0.05, 0) is 56.1 Å². The third-order valence-corrected chi connectivity index (χ3v) is 3.50.